The lowest BCUT2D eigenvalue weighted by atomic mass is 9.83. The molecule has 1 aromatic rings. The van der Waals surface area contributed by atoms with Gasteiger partial charge in [-0.3, -0.25) is 4.79 Å². The summed E-state index contributed by atoms with van der Waals surface area (Å²) in [5, 5.41) is 18.2. The fraction of sp³-hybridized carbons (Fsp3) is 0.619. The highest BCUT2D eigenvalue weighted by Gasteiger charge is 2.51. The molecule has 3 unspecified atom stereocenters. The summed E-state index contributed by atoms with van der Waals surface area (Å²) in [6, 6.07) is 9.15. The van der Waals surface area contributed by atoms with Crippen molar-refractivity contribution in [2.75, 3.05) is 26.0 Å². The molecule has 1 amide bonds. The van der Waals surface area contributed by atoms with Crippen LogP contribution in [0.25, 0.3) is 0 Å². The minimum atomic E-state index is -3.49. The molecule has 2 saturated heterocycles. The minimum absolute atomic E-state index is 0.000118. The van der Waals surface area contributed by atoms with Gasteiger partial charge in [-0.1, -0.05) is 12.8 Å². The zero-order chi connectivity index (χ0) is 22.2. The van der Waals surface area contributed by atoms with Crippen molar-refractivity contribution in [3.05, 3.63) is 24.3 Å². The number of rotatable bonds is 5. The van der Waals surface area contributed by atoms with Crippen LogP contribution in [-0.4, -0.2) is 62.5 Å². The summed E-state index contributed by atoms with van der Waals surface area (Å²) in [6.45, 7) is 0.631. The summed E-state index contributed by atoms with van der Waals surface area (Å²) in [5.41, 5.74) is 4.22. The lowest BCUT2D eigenvalue weighted by Gasteiger charge is -2.39. The number of anilines is 1. The molecule has 0 aromatic heterocycles. The quantitative estimate of drug-likeness (QED) is 0.619. The van der Waals surface area contributed by atoms with Crippen LogP contribution in [0.4, 0.5) is 5.69 Å². The van der Waals surface area contributed by atoms with Crippen molar-refractivity contribution in [3.63, 3.8) is 0 Å². The van der Waals surface area contributed by atoms with E-state index in [2.05, 4.69) is 27.1 Å². The predicted octanol–water partition coefficient (Wildman–Crippen LogP) is 1.08. The summed E-state index contributed by atoms with van der Waals surface area (Å²) >= 11 is 0. The number of nitrogens with zero attached hydrogens (tertiary/aromatic N) is 3. The number of hydrogen-bond acceptors (Lipinski definition) is 7. The van der Waals surface area contributed by atoms with Crippen LogP contribution in [0, 0.1) is 23.2 Å². The number of carbonyl (C=O) groups excluding carboxylic acids is 1. The number of sulfonamides is 1. The maximum Gasteiger partial charge on any atom is 0.242 e. The number of benzene rings is 1. The fourth-order valence-corrected chi connectivity index (χ4v) is 5.91. The summed E-state index contributed by atoms with van der Waals surface area (Å²) in [4.78, 5) is 13.0. The van der Waals surface area contributed by atoms with E-state index < -0.39 is 10.0 Å². The molecule has 4 rings (SSSR count). The van der Waals surface area contributed by atoms with Crippen LogP contribution in [0.5, 0.6) is 0 Å². The number of hydrazine groups is 1. The molecule has 3 fully saturated rings. The fourth-order valence-electron chi connectivity index (χ4n) is 5.01. The van der Waals surface area contributed by atoms with E-state index >= 15 is 0 Å². The number of hydrogen-bond donors (Lipinski definition) is 3. The van der Waals surface area contributed by atoms with Gasteiger partial charge in [0.1, 0.15) is 6.17 Å². The number of nitrogens with one attached hydrogen (secondary N) is 3. The molecule has 1 aromatic carbocycles. The Morgan fingerprint density at radius 2 is 1.84 bits per heavy atom. The number of carbonyl (C=O) groups is 1. The van der Waals surface area contributed by atoms with Crippen LogP contribution in [0.15, 0.2) is 29.2 Å². The Labute approximate surface area is 183 Å². The highest BCUT2D eigenvalue weighted by molar-refractivity contribution is 7.89. The predicted molar refractivity (Wildman–Crippen MR) is 116 cm³/mol. The van der Waals surface area contributed by atoms with Gasteiger partial charge in [-0.2, -0.15) is 5.26 Å². The van der Waals surface area contributed by atoms with Crippen LogP contribution in [-0.2, 0) is 14.8 Å². The van der Waals surface area contributed by atoms with Crippen molar-refractivity contribution in [3.8, 4) is 6.07 Å². The molecule has 1 saturated carbocycles. The van der Waals surface area contributed by atoms with Gasteiger partial charge in [0.2, 0.25) is 15.9 Å². The van der Waals surface area contributed by atoms with Crippen molar-refractivity contribution in [1.82, 2.24) is 20.1 Å². The third-order valence-electron chi connectivity index (χ3n) is 6.67. The van der Waals surface area contributed by atoms with Crippen molar-refractivity contribution in [2.24, 2.45) is 11.8 Å². The number of fused-ring (bicyclic) bond motifs is 1. The number of piperidine rings is 1. The molecule has 3 N–H and O–H groups in total. The van der Waals surface area contributed by atoms with Crippen molar-refractivity contribution < 1.29 is 13.2 Å². The lowest BCUT2D eigenvalue weighted by Crippen LogP contribution is -2.54. The van der Waals surface area contributed by atoms with Gasteiger partial charge >= 0.3 is 0 Å². The second-order valence-electron chi connectivity index (χ2n) is 8.73. The van der Waals surface area contributed by atoms with E-state index in [0.717, 1.165) is 37.8 Å². The summed E-state index contributed by atoms with van der Waals surface area (Å²) in [6.07, 6.45) is 4.49. The first kappa shape index (κ1) is 22.0. The van der Waals surface area contributed by atoms with Gasteiger partial charge in [-0.25, -0.2) is 23.2 Å². The van der Waals surface area contributed by atoms with Gasteiger partial charge in [0, 0.05) is 38.4 Å². The Bertz CT molecular complexity index is 958. The Kier molecular flexibility index (Phi) is 6.21. The third kappa shape index (κ3) is 4.15. The Balaban J connectivity index is 1.55. The molecule has 5 atom stereocenters. The molecule has 0 radical (unpaired) electrons. The van der Waals surface area contributed by atoms with Gasteiger partial charge in [-0.05, 0) is 43.5 Å². The first-order valence-electron chi connectivity index (χ1n) is 10.8. The number of nitriles is 1. The molecule has 31 heavy (non-hydrogen) atoms. The van der Waals surface area contributed by atoms with E-state index in [1.807, 2.05) is 0 Å². The highest BCUT2D eigenvalue weighted by Crippen LogP contribution is 2.36. The van der Waals surface area contributed by atoms with E-state index in [-0.39, 0.29) is 40.9 Å². The SMILES string of the molecule is CN(C)S(=O)(=O)c1ccc(NC2NN([C@H]3CCCC[C@@H]3C#N)C3CCNC(=O)C23)cc1. The molecule has 3 aliphatic rings. The average Bonchev–Trinajstić information content (AvgIpc) is 3.13. The van der Waals surface area contributed by atoms with Crippen molar-refractivity contribution >= 4 is 21.6 Å². The molecule has 2 heterocycles. The van der Waals surface area contributed by atoms with E-state index in [4.69, 9.17) is 0 Å². The van der Waals surface area contributed by atoms with Gasteiger partial charge in [0.15, 0.2) is 0 Å². The second kappa shape index (κ2) is 8.74. The van der Waals surface area contributed by atoms with Crippen LogP contribution >= 0.6 is 0 Å². The molecule has 1 aliphatic carbocycles. The minimum Gasteiger partial charge on any atom is -0.368 e. The monoisotopic (exact) mass is 446 g/mol. The third-order valence-corrected chi connectivity index (χ3v) is 8.50. The molecular formula is C21H30N6O3S. The molecule has 9 nitrogen and oxygen atoms in total. The average molecular weight is 447 g/mol. The van der Waals surface area contributed by atoms with Crippen LogP contribution in [0.3, 0.4) is 0 Å². The van der Waals surface area contributed by atoms with E-state index in [9.17, 15) is 18.5 Å². The van der Waals surface area contributed by atoms with Crippen LogP contribution in [0.2, 0.25) is 0 Å². The van der Waals surface area contributed by atoms with Gasteiger partial charge in [-0.15, -0.1) is 0 Å². The summed E-state index contributed by atoms with van der Waals surface area (Å²) < 4.78 is 25.8. The number of amides is 1. The summed E-state index contributed by atoms with van der Waals surface area (Å²) in [7, 11) is -0.494. The standard InChI is InChI=1S/C21H30N6O3S/c1-26(2)31(29,30)16-9-7-15(8-10-16)24-20-19-18(11-12-23-21(19)28)27(25-20)17-6-4-3-5-14(17)13-22/h7-10,14,17-20,24-25H,3-6,11-12H2,1-2H3,(H,23,28)/t14-,17+,18?,19?,20?/m1/s1. The molecule has 168 valence electrons. The molecule has 2 aliphatic heterocycles. The topological polar surface area (TPSA) is 118 Å². The maximum atomic E-state index is 12.7. The van der Waals surface area contributed by atoms with Crippen molar-refractivity contribution in [1.29, 1.82) is 5.26 Å². The van der Waals surface area contributed by atoms with Crippen molar-refractivity contribution in [2.45, 2.75) is 55.2 Å². The molecule has 10 heteroatoms. The Hall–Kier alpha value is -2.19. The summed E-state index contributed by atoms with van der Waals surface area (Å²) in [5.74, 6) is -0.332. The lowest BCUT2D eigenvalue weighted by molar-refractivity contribution is -0.128. The Morgan fingerprint density at radius 1 is 1.13 bits per heavy atom. The normalized spacial score (nSPS) is 31.7. The smallest absolute Gasteiger partial charge is 0.242 e. The van der Waals surface area contributed by atoms with E-state index in [1.165, 1.54) is 18.4 Å². The van der Waals surface area contributed by atoms with Crippen LogP contribution in [0.1, 0.15) is 32.1 Å². The second-order valence-corrected chi connectivity index (χ2v) is 10.9. The molecule has 0 bridgehead atoms. The van der Waals surface area contributed by atoms with Gasteiger partial charge in [0.05, 0.1) is 22.8 Å². The zero-order valence-electron chi connectivity index (χ0n) is 17.9. The maximum absolute atomic E-state index is 12.7. The largest absolute Gasteiger partial charge is 0.368 e. The molecular weight excluding hydrogens is 416 g/mol. The van der Waals surface area contributed by atoms with Gasteiger partial charge in [0.25, 0.3) is 0 Å². The molecule has 0 spiro atoms. The Morgan fingerprint density at radius 3 is 2.52 bits per heavy atom. The highest BCUT2D eigenvalue weighted by atomic mass is 32.2. The van der Waals surface area contributed by atoms with Crippen LogP contribution < -0.4 is 16.1 Å². The van der Waals surface area contributed by atoms with Gasteiger partial charge < -0.3 is 10.6 Å². The van der Waals surface area contributed by atoms with E-state index in [0.29, 0.717) is 6.54 Å². The first-order valence-corrected chi connectivity index (χ1v) is 12.3. The first-order chi connectivity index (χ1) is 14.8. The van der Waals surface area contributed by atoms with E-state index in [1.54, 1.807) is 24.3 Å². The zero-order valence-corrected chi connectivity index (χ0v) is 18.7.